The van der Waals surface area contributed by atoms with Gasteiger partial charge in [-0.15, -0.1) is 0 Å². The van der Waals surface area contributed by atoms with E-state index in [0.29, 0.717) is 0 Å². The summed E-state index contributed by atoms with van der Waals surface area (Å²) >= 11 is 0. The third kappa shape index (κ3) is 4.86. The highest BCUT2D eigenvalue weighted by atomic mass is 31.2. The van der Waals surface area contributed by atoms with Crippen molar-refractivity contribution in [3.63, 3.8) is 0 Å². The summed E-state index contributed by atoms with van der Waals surface area (Å²) in [5.74, 6) is 0. The number of hydrogen-bond donors (Lipinski definition) is 2. The Kier molecular flexibility index (Phi) is 7.48. The van der Waals surface area contributed by atoms with Gasteiger partial charge in [-0.2, -0.15) is 0 Å². The van der Waals surface area contributed by atoms with Crippen molar-refractivity contribution in [3.05, 3.63) is 35.9 Å². The Balaban J connectivity index is 3.11. The molecular weight excluding hydrogens is 299 g/mol. The summed E-state index contributed by atoms with van der Waals surface area (Å²) in [7, 11) is -1.83. The molecule has 0 aromatic heterocycles. The van der Waals surface area contributed by atoms with Crippen molar-refractivity contribution in [1.29, 1.82) is 0 Å². The van der Waals surface area contributed by atoms with Crippen LogP contribution in [0, 0.1) is 0 Å². The van der Waals surface area contributed by atoms with Crippen molar-refractivity contribution in [2.75, 3.05) is 40.6 Å². The fraction of sp³-hybridized carbons (Fsp3) is 0.538. The summed E-state index contributed by atoms with van der Waals surface area (Å²) in [6.07, 6.45) is 0. The summed E-state index contributed by atoms with van der Waals surface area (Å²) < 4.78 is 32.5. The van der Waals surface area contributed by atoms with Crippen LogP contribution in [-0.4, -0.2) is 50.4 Å². The predicted octanol–water partition coefficient (Wildman–Crippen LogP) is 1.30. The zero-order chi connectivity index (χ0) is 15.8. The maximum atomic E-state index is 12.0. The normalized spacial score (nSPS) is 12.6. The summed E-state index contributed by atoms with van der Waals surface area (Å²) in [6.45, 7) is 0.317. The van der Waals surface area contributed by atoms with Crippen LogP contribution in [0.4, 0.5) is 0 Å². The van der Waals surface area contributed by atoms with Gasteiger partial charge in [0.15, 0.2) is 0 Å². The molecule has 0 heterocycles. The third-order valence-electron chi connectivity index (χ3n) is 2.69. The first-order valence-electron chi connectivity index (χ1n) is 6.35. The smallest absolute Gasteiger partial charge is 0.382 e. The van der Waals surface area contributed by atoms with Gasteiger partial charge in [0.25, 0.3) is 0 Å². The van der Waals surface area contributed by atoms with E-state index in [0.717, 1.165) is 0 Å². The minimum absolute atomic E-state index is 0.0243. The Morgan fingerprint density at radius 1 is 0.952 bits per heavy atom. The van der Waals surface area contributed by atoms with Crippen LogP contribution in [0.1, 0.15) is 5.56 Å². The van der Waals surface area contributed by atoms with Gasteiger partial charge in [0.05, 0.1) is 26.4 Å². The molecule has 1 aromatic rings. The molecule has 21 heavy (non-hydrogen) atoms. The Labute approximate surface area is 123 Å². The van der Waals surface area contributed by atoms with E-state index in [1.54, 1.807) is 30.3 Å². The summed E-state index contributed by atoms with van der Waals surface area (Å²) in [5.41, 5.74) is -1.92. The lowest BCUT2D eigenvalue weighted by atomic mass is 10.2. The van der Waals surface area contributed by atoms with Gasteiger partial charge in [-0.3, -0.25) is 4.57 Å². The standard InChI is InChI=1S/C13H21O7P/c1-17-8-10-19-13(21(14,15)16,20-11-9-18-2)12-6-4-3-5-7-12/h3-7H,8-11H2,1-2H3,(H2,14,15,16). The highest BCUT2D eigenvalue weighted by molar-refractivity contribution is 7.52. The van der Waals surface area contributed by atoms with Gasteiger partial charge in [0.2, 0.25) is 0 Å². The summed E-state index contributed by atoms with van der Waals surface area (Å²) in [5, 5.41) is 0. The quantitative estimate of drug-likeness (QED) is 0.381. The monoisotopic (exact) mass is 320 g/mol. The van der Waals surface area contributed by atoms with Crippen LogP contribution >= 0.6 is 7.60 Å². The molecule has 2 N–H and O–H groups in total. The second kappa shape index (κ2) is 8.60. The minimum atomic E-state index is -4.76. The van der Waals surface area contributed by atoms with Crippen LogP contribution in [0.3, 0.4) is 0 Å². The van der Waals surface area contributed by atoms with Crippen LogP contribution in [0.25, 0.3) is 0 Å². The van der Waals surface area contributed by atoms with Crippen LogP contribution in [0.5, 0.6) is 0 Å². The Morgan fingerprint density at radius 2 is 1.43 bits per heavy atom. The topological polar surface area (TPSA) is 94.5 Å². The first-order chi connectivity index (χ1) is 9.98. The second-order valence-electron chi connectivity index (χ2n) is 4.17. The van der Waals surface area contributed by atoms with E-state index in [-0.39, 0.29) is 32.0 Å². The van der Waals surface area contributed by atoms with Gasteiger partial charge in [0, 0.05) is 19.8 Å². The van der Waals surface area contributed by atoms with Crippen molar-refractivity contribution in [2.45, 2.75) is 5.53 Å². The van der Waals surface area contributed by atoms with Gasteiger partial charge < -0.3 is 28.7 Å². The number of benzene rings is 1. The van der Waals surface area contributed by atoms with Crippen LogP contribution in [0.15, 0.2) is 30.3 Å². The molecule has 0 spiro atoms. The van der Waals surface area contributed by atoms with Gasteiger partial charge >= 0.3 is 13.1 Å². The van der Waals surface area contributed by atoms with Gasteiger partial charge in [0.1, 0.15) is 0 Å². The molecule has 8 heteroatoms. The van der Waals surface area contributed by atoms with E-state index < -0.39 is 13.1 Å². The summed E-state index contributed by atoms with van der Waals surface area (Å²) in [6, 6.07) is 8.12. The number of ether oxygens (including phenoxy) is 4. The fourth-order valence-electron chi connectivity index (χ4n) is 1.72. The van der Waals surface area contributed by atoms with Crippen molar-refractivity contribution < 1.29 is 33.3 Å². The molecule has 0 amide bonds. The molecule has 0 saturated carbocycles. The number of methoxy groups -OCH3 is 2. The number of hydrogen-bond acceptors (Lipinski definition) is 5. The van der Waals surface area contributed by atoms with E-state index in [2.05, 4.69) is 0 Å². The zero-order valence-corrected chi connectivity index (χ0v) is 13.0. The minimum Gasteiger partial charge on any atom is -0.382 e. The highest BCUT2D eigenvalue weighted by Gasteiger charge is 2.51. The molecule has 0 radical (unpaired) electrons. The highest BCUT2D eigenvalue weighted by Crippen LogP contribution is 2.58. The maximum absolute atomic E-state index is 12.0. The summed E-state index contributed by atoms with van der Waals surface area (Å²) in [4.78, 5) is 19.5. The van der Waals surface area contributed by atoms with Gasteiger partial charge in [-0.1, -0.05) is 30.3 Å². The zero-order valence-electron chi connectivity index (χ0n) is 12.1. The Bertz CT molecular complexity index is 435. The van der Waals surface area contributed by atoms with E-state index >= 15 is 0 Å². The number of rotatable bonds is 10. The average molecular weight is 320 g/mol. The van der Waals surface area contributed by atoms with Crippen molar-refractivity contribution in [3.8, 4) is 0 Å². The molecule has 0 fully saturated rings. The van der Waals surface area contributed by atoms with Crippen molar-refractivity contribution in [2.24, 2.45) is 0 Å². The molecule has 0 aliphatic carbocycles. The van der Waals surface area contributed by atoms with E-state index in [1.807, 2.05) is 0 Å². The molecule has 0 bridgehead atoms. The Morgan fingerprint density at radius 3 is 1.81 bits per heavy atom. The van der Waals surface area contributed by atoms with E-state index in [4.69, 9.17) is 18.9 Å². The predicted molar refractivity (Wildman–Crippen MR) is 75.8 cm³/mol. The van der Waals surface area contributed by atoms with Crippen molar-refractivity contribution in [1.82, 2.24) is 0 Å². The molecule has 1 aromatic carbocycles. The van der Waals surface area contributed by atoms with Crippen LogP contribution < -0.4 is 0 Å². The fourth-order valence-corrected chi connectivity index (χ4v) is 2.72. The first-order valence-corrected chi connectivity index (χ1v) is 7.96. The molecular formula is C13H21O7P. The van der Waals surface area contributed by atoms with E-state index in [9.17, 15) is 14.4 Å². The maximum Gasteiger partial charge on any atom is 0.389 e. The SMILES string of the molecule is COCCOC(OCCOC)(c1ccccc1)P(=O)(O)O. The lowest BCUT2D eigenvalue weighted by Gasteiger charge is -2.34. The molecule has 120 valence electrons. The molecule has 7 nitrogen and oxygen atoms in total. The molecule has 0 unspecified atom stereocenters. The molecule has 0 atom stereocenters. The molecule has 0 saturated heterocycles. The Hall–Kier alpha value is -0.790. The first kappa shape index (κ1) is 18.3. The van der Waals surface area contributed by atoms with E-state index in [1.165, 1.54) is 14.2 Å². The lowest BCUT2D eigenvalue weighted by Crippen LogP contribution is -2.35. The van der Waals surface area contributed by atoms with Crippen LogP contribution in [-0.2, 0) is 29.0 Å². The van der Waals surface area contributed by atoms with Crippen LogP contribution in [0.2, 0.25) is 0 Å². The second-order valence-corrected chi connectivity index (χ2v) is 5.85. The van der Waals surface area contributed by atoms with Crippen molar-refractivity contribution >= 4 is 7.60 Å². The van der Waals surface area contributed by atoms with Gasteiger partial charge in [-0.05, 0) is 0 Å². The molecule has 0 aliphatic rings. The van der Waals surface area contributed by atoms with Gasteiger partial charge in [-0.25, -0.2) is 0 Å². The lowest BCUT2D eigenvalue weighted by molar-refractivity contribution is -0.207. The largest absolute Gasteiger partial charge is 0.389 e. The average Bonchev–Trinajstić information content (AvgIpc) is 2.45. The molecule has 0 aliphatic heterocycles. The third-order valence-corrected chi connectivity index (χ3v) is 3.98. The molecule has 1 rings (SSSR count).